The van der Waals surface area contributed by atoms with Crippen LogP contribution in [0.5, 0.6) is 0 Å². The van der Waals surface area contributed by atoms with Crippen molar-refractivity contribution in [3.8, 4) is 0 Å². The molecule has 2 rings (SSSR count). The van der Waals surface area contributed by atoms with Gasteiger partial charge in [-0.15, -0.1) is 0 Å². The van der Waals surface area contributed by atoms with Crippen LogP contribution in [0.15, 0.2) is 18.3 Å². The third kappa shape index (κ3) is 4.87. The van der Waals surface area contributed by atoms with Crippen LogP contribution in [0.1, 0.15) is 32.1 Å². The van der Waals surface area contributed by atoms with E-state index in [2.05, 4.69) is 15.6 Å². The van der Waals surface area contributed by atoms with Gasteiger partial charge in [0.2, 0.25) is 5.91 Å². The highest BCUT2D eigenvalue weighted by Gasteiger charge is 2.29. The van der Waals surface area contributed by atoms with E-state index in [1.54, 1.807) is 6.20 Å². The molecule has 1 amide bonds. The number of pyridine rings is 1. The zero-order chi connectivity index (χ0) is 13.5. The first-order chi connectivity index (χ1) is 9.29. The molecule has 1 heterocycles. The number of hydrogen-bond donors (Lipinski definition) is 3. The fraction of sp³-hybridized carbons (Fsp3) is 0.571. The summed E-state index contributed by atoms with van der Waals surface area (Å²) in [4.78, 5) is 15.8. The van der Waals surface area contributed by atoms with Gasteiger partial charge in [0.1, 0.15) is 5.82 Å². The molecular formula is C14H21N3O2. The Hall–Kier alpha value is -1.62. The van der Waals surface area contributed by atoms with Gasteiger partial charge in [-0.05, 0) is 44.2 Å². The molecule has 1 aliphatic carbocycles. The minimum Gasteiger partial charge on any atom is -0.396 e. The molecule has 0 aliphatic heterocycles. The van der Waals surface area contributed by atoms with Gasteiger partial charge in [0.05, 0.1) is 11.9 Å². The maximum atomic E-state index is 11.6. The highest BCUT2D eigenvalue weighted by atomic mass is 16.2. The summed E-state index contributed by atoms with van der Waals surface area (Å²) in [6.45, 7) is 1.11. The number of aliphatic hydroxyl groups excluding tert-OH is 1. The van der Waals surface area contributed by atoms with Crippen LogP contribution in [-0.2, 0) is 4.79 Å². The van der Waals surface area contributed by atoms with Gasteiger partial charge in [0, 0.05) is 19.1 Å². The Morgan fingerprint density at radius 2 is 2.16 bits per heavy atom. The molecule has 0 atom stereocenters. The summed E-state index contributed by atoms with van der Waals surface area (Å²) in [5.41, 5.74) is 0.753. The molecule has 1 fully saturated rings. The number of aromatic nitrogens is 1. The summed E-state index contributed by atoms with van der Waals surface area (Å²) < 4.78 is 0. The fourth-order valence-corrected chi connectivity index (χ4v) is 1.79. The highest BCUT2D eigenvalue weighted by Crippen LogP contribution is 2.30. The Morgan fingerprint density at radius 3 is 2.79 bits per heavy atom. The van der Waals surface area contributed by atoms with Gasteiger partial charge >= 0.3 is 0 Å². The molecule has 0 saturated heterocycles. The largest absolute Gasteiger partial charge is 0.396 e. The van der Waals surface area contributed by atoms with Crippen LogP contribution in [0.25, 0.3) is 0 Å². The van der Waals surface area contributed by atoms with Gasteiger partial charge < -0.3 is 15.7 Å². The molecule has 1 aromatic heterocycles. The molecule has 1 aromatic rings. The molecule has 5 heteroatoms. The van der Waals surface area contributed by atoms with Crippen molar-refractivity contribution in [2.45, 2.75) is 32.1 Å². The lowest BCUT2D eigenvalue weighted by Crippen LogP contribution is -2.13. The lowest BCUT2D eigenvalue weighted by molar-refractivity contribution is -0.117. The number of nitrogens with zero attached hydrogens (tertiary/aromatic N) is 1. The fourth-order valence-electron chi connectivity index (χ4n) is 1.79. The molecule has 19 heavy (non-hydrogen) atoms. The second-order valence-electron chi connectivity index (χ2n) is 4.91. The maximum absolute atomic E-state index is 11.6. The van der Waals surface area contributed by atoms with Crippen LogP contribution in [0.2, 0.25) is 0 Å². The van der Waals surface area contributed by atoms with Crippen LogP contribution < -0.4 is 10.6 Å². The van der Waals surface area contributed by atoms with E-state index in [0.29, 0.717) is 0 Å². The van der Waals surface area contributed by atoms with Gasteiger partial charge in [0.15, 0.2) is 0 Å². The highest BCUT2D eigenvalue weighted by molar-refractivity contribution is 5.93. The normalized spacial score (nSPS) is 14.2. The Kier molecular flexibility index (Phi) is 5.15. The van der Waals surface area contributed by atoms with E-state index in [-0.39, 0.29) is 18.4 Å². The van der Waals surface area contributed by atoms with Crippen molar-refractivity contribution >= 4 is 17.4 Å². The first kappa shape index (κ1) is 13.8. The van der Waals surface area contributed by atoms with Crippen molar-refractivity contribution in [2.24, 2.45) is 5.92 Å². The maximum Gasteiger partial charge on any atom is 0.227 e. The molecule has 1 aliphatic rings. The van der Waals surface area contributed by atoms with E-state index < -0.39 is 0 Å². The van der Waals surface area contributed by atoms with E-state index >= 15 is 0 Å². The quantitative estimate of drug-likeness (QED) is 0.627. The Bertz CT molecular complexity index is 402. The summed E-state index contributed by atoms with van der Waals surface area (Å²) in [5, 5.41) is 14.7. The van der Waals surface area contributed by atoms with Crippen LogP contribution in [0.3, 0.4) is 0 Å². The van der Waals surface area contributed by atoms with Crippen molar-refractivity contribution in [3.63, 3.8) is 0 Å². The van der Waals surface area contributed by atoms with Gasteiger partial charge in [0.25, 0.3) is 0 Å². The second kappa shape index (κ2) is 7.09. The molecule has 0 radical (unpaired) electrons. The number of rotatable bonds is 8. The molecule has 0 aromatic carbocycles. The van der Waals surface area contributed by atoms with E-state index in [1.807, 2.05) is 12.1 Å². The number of nitrogens with one attached hydrogen (secondary N) is 2. The number of aliphatic hydroxyl groups is 1. The minimum absolute atomic E-state index is 0.103. The van der Waals surface area contributed by atoms with Crippen molar-refractivity contribution in [1.29, 1.82) is 0 Å². The summed E-state index contributed by atoms with van der Waals surface area (Å²) in [6.07, 6.45) is 6.57. The Morgan fingerprint density at radius 1 is 1.32 bits per heavy atom. The Labute approximate surface area is 113 Å². The number of amides is 1. The van der Waals surface area contributed by atoms with Gasteiger partial charge in [-0.2, -0.15) is 0 Å². The molecule has 1 saturated carbocycles. The van der Waals surface area contributed by atoms with Crippen molar-refractivity contribution in [1.82, 2.24) is 4.98 Å². The van der Waals surface area contributed by atoms with Crippen LogP contribution in [0.4, 0.5) is 11.5 Å². The standard InChI is InChI=1S/C14H21N3O2/c18-9-3-1-2-8-15-13-7-6-12(10-16-13)17-14(19)11-4-5-11/h6-7,10-11,18H,1-5,8-9H2,(H,15,16)(H,17,19). The summed E-state index contributed by atoms with van der Waals surface area (Å²) >= 11 is 0. The molecule has 104 valence electrons. The average molecular weight is 263 g/mol. The predicted octanol–water partition coefficient (Wildman–Crippen LogP) is 2.00. The van der Waals surface area contributed by atoms with E-state index in [9.17, 15) is 4.79 Å². The number of anilines is 2. The number of unbranched alkanes of at least 4 members (excludes halogenated alkanes) is 2. The molecule has 5 nitrogen and oxygen atoms in total. The topological polar surface area (TPSA) is 74.2 Å². The van der Waals surface area contributed by atoms with E-state index in [4.69, 9.17) is 5.11 Å². The van der Waals surface area contributed by atoms with Crippen LogP contribution in [0, 0.1) is 5.92 Å². The summed E-state index contributed by atoms with van der Waals surface area (Å²) in [7, 11) is 0. The van der Waals surface area contributed by atoms with E-state index in [0.717, 1.165) is 50.2 Å². The van der Waals surface area contributed by atoms with E-state index in [1.165, 1.54) is 0 Å². The zero-order valence-corrected chi connectivity index (χ0v) is 11.1. The zero-order valence-electron chi connectivity index (χ0n) is 11.1. The Balaban J connectivity index is 1.70. The van der Waals surface area contributed by atoms with Crippen LogP contribution >= 0.6 is 0 Å². The number of hydrogen-bond acceptors (Lipinski definition) is 4. The summed E-state index contributed by atoms with van der Waals surface area (Å²) in [5.74, 6) is 1.13. The van der Waals surface area contributed by atoms with Gasteiger partial charge in [-0.1, -0.05) is 0 Å². The summed E-state index contributed by atoms with van der Waals surface area (Å²) in [6, 6.07) is 3.73. The van der Waals surface area contributed by atoms with Crippen molar-refractivity contribution in [3.05, 3.63) is 18.3 Å². The molecule has 0 unspecified atom stereocenters. The molecule has 3 N–H and O–H groups in total. The molecule has 0 bridgehead atoms. The molecular weight excluding hydrogens is 242 g/mol. The first-order valence-electron chi connectivity index (χ1n) is 6.91. The van der Waals surface area contributed by atoms with Crippen molar-refractivity contribution in [2.75, 3.05) is 23.8 Å². The van der Waals surface area contributed by atoms with Gasteiger partial charge in [-0.3, -0.25) is 4.79 Å². The minimum atomic E-state index is 0.103. The predicted molar refractivity (Wildman–Crippen MR) is 75.0 cm³/mol. The lowest BCUT2D eigenvalue weighted by Gasteiger charge is -2.07. The number of carbonyl (C=O) groups is 1. The third-order valence-electron chi connectivity index (χ3n) is 3.12. The molecule has 0 spiro atoms. The SMILES string of the molecule is O=C(Nc1ccc(NCCCCCO)nc1)C1CC1. The van der Waals surface area contributed by atoms with Gasteiger partial charge in [-0.25, -0.2) is 4.98 Å². The van der Waals surface area contributed by atoms with Crippen molar-refractivity contribution < 1.29 is 9.90 Å². The smallest absolute Gasteiger partial charge is 0.227 e. The second-order valence-corrected chi connectivity index (χ2v) is 4.91. The van der Waals surface area contributed by atoms with Crippen LogP contribution in [-0.4, -0.2) is 29.1 Å². The number of carbonyl (C=O) groups excluding carboxylic acids is 1. The average Bonchev–Trinajstić information content (AvgIpc) is 3.25. The third-order valence-corrected chi connectivity index (χ3v) is 3.12. The lowest BCUT2D eigenvalue weighted by atomic mass is 10.2. The first-order valence-corrected chi connectivity index (χ1v) is 6.91. The monoisotopic (exact) mass is 263 g/mol.